The highest BCUT2D eigenvalue weighted by atomic mass is 17.2. The van der Waals surface area contributed by atoms with Gasteiger partial charge >= 0.3 is 5.97 Å². The molecule has 1 aliphatic carbocycles. The Balaban J connectivity index is 1.90. The maximum absolute atomic E-state index is 11.4. The van der Waals surface area contributed by atoms with Gasteiger partial charge in [0.1, 0.15) is 5.60 Å². The Morgan fingerprint density at radius 3 is 2.48 bits per heavy atom. The second kappa shape index (κ2) is 9.99. The molecule has 0 heterocycles. The lowest BCUT2D eigenvalue weighted by Gasteiger charge is -2.16. The quantitative estimate of drug-likeness (QED) is 0.244. The van der Waals surface area contributed by atoms with Gasteiger partial charge < -0.3 is 0 Å². The van der Waals surface area contributed by atoms with Crippen molar-refractivity contribution in [1.82, 2.24) is 0 Å². The summed E-state index contributed by atoms with van der Waals surface area (Å²) in [7, 11) is 0. The first-order valence-corrected chi connectivity index (χ1v) is 8.54. The molecule has 1 aliphatic rings. The Hall–Kier alpha value is -0.830. The van der Waals surface area contributed by atoms with Gasteiger partial charge in [-0.2, -0.15) is 4.89 Å². The summed E-state index contributed by atoms with van der Waals surface area (Å²) in [5, 5.41) is 0. The molecule has 0 bridgehead atoms. The zero-order chi connectivity index (χ0) is 15.6. The van der Waals surface area contributed by atoms with Crippen LogP contribution < -0.4 is 0 Å². The van der Waals surface area contributed by atoms with Crippen LogP contribution in [0.4, 0.5) is 0 Å². The Labute approximate surface area is 130 Å². The van der Waals surface area contributed by atoms with Crippen molar-refractivity contribution < 1.29 is 14.6 Å². The second-order valence-electron chi connectivity index (χ2n) is 7.03. The topological polar surface area (TPSA) is 35.5 Å². The van der Waals surface area contributed by atoms with Gasteiger partial charge in [-0.15, -0.1) is 0 Å². The second-order valence-corrected chi connectivity index (χ2v) is 7.03. The van der Waals surface area contributed by atoms with Gasteiger partial charge in [-0.25, -0.2) is 4.79 Å². The third-order valence-electron chi connectivity index (χ3n) is 3.65. The van der Waals surface area contributed by atoms with Gasteiger partial charge in [0.2, 0.25) is 0 Å². The van der Waals surface area contributed by atoms with E-state index in [0.29, 0.717) is 6.42 Å². The molecular weight excluding hydrogens is 264 g/mol. The van der Waals surface area contributed by atoms with E-state index in [2.05, 4.69) is 6.08 Å². The highest BCUT2D eigenvalue weighted by Crippen LogP contribution is 2.22. The molecule has 0 atom stereocenters. The lowest BCUT2D eigenvalue weighted by atomic mass is 9.95. The zero-order valence-corrected chi connectivity index (χ0v) is 14.1. The van der Waals surface area contributed by atoms with E-state index in [1.54, 1.807) is 5.57 Å². The van der Waals surface area contributed by atoms with E-state index >= 15 is 0 Å². The fraction of sp³-hybridized carbons (Fsp3) is 0.833. The minimum Gasteiger partial charge on any atom is -0.298 e. The normalized spacial score (nSPS) is 15.7. The average molecular weight is 296 g/mol. The standard InChI is InChI=1S/C18H32O3/c1-18(2,3)21-20-17(19)15-11-6-4-5-8-12-16-13-9-7-10-14-16/h13H,4-12,14-15H2,1-3H3. The first kappa shape index (κ1) is 18.2. The summed E-state index contributed by atoms with van der Waals surface area (Å²) >= 11 is 0. The fourth-order valence-corrected chi connectivity index (χ4v) is 2.50. The molecule has 0 spiro atoms. The van der Waals surface area contributed by atoms with Crippen molar-refractivity contribution in [1.29, 1.82) is 0 Å². The van der Waals surface area contributed by atoms with Gasteiger partial charge in [0, 0.05) is 6.42 Å². The van der Waals surface area contributed by atoms with Crippen molar-refractivity contribution in [3.8, 4) is 0 Å². The van der Waals surface area contributed by atoms with E-state index in [1.165, 1.54) is 51.4 Å². The predicted molar refractivity (Wildman–Crippen MR) is 85.8 cm³/mol. The Bertz CT molecular complexity index is 326. The van der Waals surface area contributed by atoms with Gasteiger partial charge in [0.05, 0.1) is 0 Å². The average Bonchev–Trinajstić information content (AvgIpc) is 2.44. The summed E-state index contributed by atoms with van der Waals surface area (Å²) in [4.78, 5) is 21.2. The van der Waals surface area contributed by atoms with Crippen LogP contribution in [0.3, 0.4) is 0 Å². The van der Waals surface area contributed by atoms with E-state index in [-0.39, 0.29) is 5.97 Å². The number of hydrogen-bond donors (Lipinski definition) is 0. The number of hydrogen-bond acceptors (Lipinski definition) is 3. The molecule has 0 N–H and O–H groups in total. The van der Waals surface area contributed by atoms with E-state index in [9.17, 15) is 4.79 Å². The third-order valence-corrected chi connectivity index (χ3v) is 3.65. The number of rotatable bonds is 9. The minimum atomic E-state index is -0.427. The summed E-state index contributed by atoms with van der Waals surface area (Å²) in [5.41, 5.74) is 1.24. The van der Waals surface area contributed by atoms with Crippen LogP contribution in [0.5, 0.6) is 0 Å². The molecule has 3 nitrogen and oxygen atoms in total. The highest BCUT2D eigenvalue weighted by Gasteiger charge is 2.14. The van der Waals surface area contributed by atoms with Crippen molar-refractivity contribution >= 4 is 5.97 Å². The smallest absolute Gasteiger partial charge is 0.298 e. The molecule has 0 unspecified atom stereocenters. The number of carbonyl (C=O) groups excluding carboxylic acids is 1. The molecule has 1 rings (SSSR count). The highest BCUT2D eigenvalue weighted by molar-refractivity contribution is 5.68. The molecule has 122 valence electrons. The molecule has 0 fully saturated rings. The van der Waals surface area contributed by atoms with Gasteiger partial charge in [-0.05, 0) is 65.7 Å². The maximum atomic E-state index is 11.4. The first-order chi connectivity index (χ1) is 9.97. The number of allylic oxidation sites excluding steroid dienone is 2. The molecule has 0 aromatic rings. The molecule has 0 amide bonds. The van der Waals surface area contributed by atoms with E-state index in [4.69, 9.17) is 9.78 Å². The molecule has 0 saturated carbocycles. The molecule has 21 heavy (non-hydrogen) atoms. The molecule has 0 saturated heterocycles. The first-order valence-electron chi connectivity index (χ1n) is 8.54. The third kappa shape index (κ3) is 10.5. The van der Waals surface area contributed by atoms with Gasteiger partial charge in [-0.1, -0.05) is 30.9 Å². The fourth-order valence-electron chi connectivity index (χ4n) is 2.50. The van der Waals surface area contributed by atoms with Gasteiger partial charge in [0.15, 0.2) is 0 Å². The van der Waals surface area contributed by atoms with Crippen LogP contribution in [0.1, 0.15) is 91.4 Å². The van der Waals surface area contributed by atoms with Crippen LogP contribution in [-0.2, 0) is 14.6 Å². The lowest BCUT2D eigenvalue weighted by molar-refractivity contribution is -0.320. The van der Waals surface area contributed by atoms with Crippen LogP contribution in [0.25, 0.3) is 0 Å². The minimum absolute atomic E-state index is 0.253. The Morgan fingerprint density at radius 1 is 1.10 bits per heavy atom. The monoisotopic (exact) mass is 296 g/mol. The van der Waals surface area contributed by atoms with Crippen molar-refractivity contribution in [3.05, 3.63) is 11.6 Å². The van der Waals surface area contributed by atoms with Crippen LogP contribution in [-0.4, -0.2) is 11.6 Å². The maximum Gasteiger partial charge on any atom is 0.342 e. The summed E-state index contributed by atoms with van der Waals surface area (Å²) in [6.07, 6.45) is 15.3. The molecule has 0 radical (unpaired) electrons. The van der Waals surface area contributed by atoms with E-state index < -0.39 is 5.60 Å². The molecule has 3 heteroatoms. The van der Waals surface area contributed by atoms with Crippen molar-refractivity contribution in [3.63, 3.8) is 0 Å². The van der Waals surface area contributed by atoms with E-state index in [1.807, 2.05) is 20.8 Å². The molecule has 0 aromatic carbocycles. The lowest BCUT2D eigenvalue weighted by Crippen LogP contribution is -2.21. The number of carbonyl (C=O) groups is 1. The van der Waals surface area contributed by atoms with Crippen LogP contribution >= 0.6 is 0 Å². The predicted octanol–water partition coefficient (Wildman–Crippen LogP) is 5.49. The largest absolute Gasteiger partial charge is 0.342 e. The Morgan fingerprint density at radius 2 is 1.81 bits per heavy atom. The van der Waals surface area contributed by atoms with Crippen LogP contribution in [0, 0.1) is 0 Å². The van der Waals surface area contributed by atoms with Crippen molar-refractivity contribution in [2.75, 3.05) is 0 Å². The molecular formula is C18H32O3. The summed E-state index contributed by atoms with van der Waals surface area (Å²) in [6.45, 7) is 5.59. The Kier molecular flexibility index (Phi) is 8.67. The summed E-state index contributed by atoms with van der Waals surface area (Å²) in [5.74, 6) is -0.253. The summed E-state index contributed by atoms with van der Waals surface area (Å²) in [6, 6.07) is 0. The van der Waals surface area contributed by atoms with Gasteiger partial charge in [0.25, 0.3) is 0 Å². The SMILES string of the molecule is CC(C)(C)OOC(=O)CCCCCCCC1=CCCCC1. The van der Waals surface area contributed by atoms with Crippen molar-refractivity contribution in [2.24, 2.45) is 0 Å². The summed E-state index contributed by atoms with van der Waals surface area (Å²) < 4.78 is 0. The van der Waals surface area contributed by atoms with Gasteiger partial charge in [-0.3, -0.25) is 4.89 Å². The van der Waals surface area contributed by atoms with Crippen LogP contribution in [0.15, 0.2) is 11.6 Å². The van der Waals surface area contributed by atoms with Crippen molar-refractivity contribution in [2.45, 2.75) is 97.0 Å². The molecule has 0 aliphatic heterocycles. The zero-order valence-electron chi connectivity index (χ0n) is 14.1. The van der Waals surface area contributed by atoms with Crippen LogP contribution in [0.2, 0.25) is 0 Å². The number of unbranched alkanes of at least 4 members (excludes halogenated alkanes) is 4. The van der Waals surface area contributed by atoms with E-state index in [0.717, 1.165) is 12.8 Å². The molecule has 0 aromatic heterocycles.